The van der Waals surface area contributed by atoms with Crippen molar-refractivity contribution < 1.29 is 19.1 Å². The Morgan fingerprint density at radius 3 is 2.55 bits per heavy atom. The van der Waals surface area contributed by atoms with Gasteiger partial charge < -0.3 is 19.7 Å². The van der Waals surface area contributed by atoms with E-state index in [0.717, 1.165) is 42.7 Å². The van der Waals surface area contributed by atoms with Crippen molar-refractivity contribution >= 4 is 17.5 Å². The highest BCUT2D eigenvalue weighted by atomic mass is 16.5. The monoisotopic (exact) mass is 398 g/mol. The third kappa shape index (κ3) is 3.52. The lowest BCUT2D eigenvalue weighted by atomic mass is 9.49. The molecule has 1 N–H and O–H groups in total. The van der Waals surface area contributed by atoms with E-state index < -0.39 is 0 Å². The molecule has 0 aromatic heterocycles. The van der Waals surface area contributed by atoms with E-state index in [2.05, 4.69) is 5.32 Å². The van der Waals surface area contributed by atoms with E-state index in [1.165, 1.54) is 19.3 Å². The topological polar surface area (TPSA) is 67.9 Å². The summed E-state index contributed by atoms with van der Waals surface area (Å²) in [5, 5.41) is 3.19. The van der Waals surface area contributed by atoms with E-state index in [1.807, 2.05) is 24.3 Å². The Morgan fingerprint density at radius 2 is 1.90 bits per heavy atom. The molecular weight excluding hydrogens is 368 g/mol. The first-order valence-corrected chi connectivity index (χ1v) is 10.9. The number of rotatable bonds is 5. The third-order valence-electron chi connectivity index (χ3n) is 7.50. The van der Waals surface area contributed by atoms with Gasteiger partial charge >= 0.3 is 0 Å². The van der Waals surface area contributed by atoms with Crippen molar-refractivity contribution in [2.75, 3.05) is 31.7 Å². The van der Waals surface area contributed by atoms with E-state index in [0.29, 0.717) is 18.8 Å². The van der Waals surface area contributed by atoms with E-state index in [4.69, 9.17) is 9.47 Å². The molecule has 5 aliphatic rings. The third-order valence-corrected chi connectivity index (χ3v) is 7.50. The number of nitrogens with zero attached hydrogens (tertiary/aromatic N) is 1. The molecule has 6 rings (SSSR count). The molecule has 4 bridgehead atoms. The van der Waals surface area contributed by atoms with E-state index in [1.54, 1.807) is 12.0 Å². The highest BCUT2D eigenvalue weighted by Gasteiger charge is 2.54. The van der Waals surface area contributed by atoms with Crippen molar-refractivity contribution in [2.45, 2.75) is 44.6 Å². The summed E-state index contributed by atoms with van der Waals surface area (Å²) in [6, 6.07) is 7.49. The highest BCUT2D eigenvalue weighted by molar-refractivity contribution is 5.95. The average Bonchev–Trinajstić information content (AvgIpc) is 2.72. The summed E-state index contributed by atoms with van der Waals surface area (Å²) in [6.07, 6.45) is 6.97. The first-order valence-electron chi connectivity index (χ1n) is 10.9. The molecule has 156 valence electrons. The fourth-order valence-corrected chi connectivity index (χ4v) is 6.56. The van der Waals surface area contributed by atoms with Crippen LogP contribution in [-0.2, 0) is 14.3 Å². The van der Waals surface area contributed by atoms with Crippen LogP contribution in [0.25, 0.3) is 0 Å². The number of methoxy groups -OCH3 is 1. The lowest BCUT2D eigenvalue weighted by Crippen LogP contribution is -2.56. The maximum atomic E-state index is 13.2. The predicted octanol–water partition coefficient (Wildman–Crippen LogP) is 2.76. The first kappa shape index (κ1) is 18.9. The molecule has 5 fully saturated rings. The Labute approximate surface area is 171 Å². The summed E-state index contributed by atoms with van der Waals surface area (Å²) in [4.78, 5) is 27.3. The molecular formula is C23H30N2O4. The summed E-state index contributed by atoms with van der Waals surface area (Å²) >= 11 is 0. The molecule has 4 saturated carbocycles. The summed E-state index contributed by atoms with van der Waals surface area (Å²) in [7, 11) is 1.61. The number of carbonyl (C=O) groups is 2. The van der Waals surface area contributed by atoms with Gasteiger partial charge in [-0.3, -0.25) is 9.59 Å². The van der Waals surface area contributed by atoms with Gasteiger partial charge in [0.2, 0.25) is 5.91 Å². The number of hydrogen-bond donors (Lipinski definition) is 1. The van der Waals surface area contributed by atoms with Crippen LogP contribution >= 0.6 is 0 Å². The fourth-order valence-electron chi connectivity index (χ4n) is 6.56. The molecule has 0 spiro atoms. The van der Waals surface area contributed by atoms with Crippen molar-refractivity contribution in [3.05, 3.63) is 24.3 Å². The van der Waals surface area contributed by atoms with Crippen LogP contribution in [0.1, 0.15) is 38.5 Å². The number of ether oxygens (including phenoxy) is 2. The molecule has 1 aromatic rings. The molecule has 0 radical (unpaired) electrons. The summed E-state index contributed by atoms with van der Waals surface area (Å²) in [5.41, 5.74) is 0.654. The van der Waals surface area contributed by atoms with Gasteiger partial charge in [-0.1, -0.05) is 6.07 Å². The standard InChI is InChI=1S/C23H30N2O4/c1-28-19-4-2-3-18(8-19)25-13-20(29-14-21(25)26)12-24-22(27)23-9-15-5-16(10-23)7-17(6-15)11-23/h2-4,8,15-17,20H,5-7,9-14H2,1H3,(H,24,27). The fraction of sp³-hybridized carbons (Fsp3) is 0.652. The van der Waals surface area contributed by atoms with Gasteiger partial charge in [-0.2, -0.15) is 0 Å². The normalized spacial score (nSPS) is 35.6. The Kier molecular flexibility index (Phi) is 4.77. The van der Waals surface area contributed by atoms with Gasteiger partial charge in [0.1, 0.15) is 12.4 Å². The molecule has 1 atom stereocenters. The lowest BCUT2D eigenvalue weighted by Gasteiger charge is -2.55. The van der Waals surface area contributed by atoms with E-state index in [9.17, 15) is 9.59 Å². The zero-order valence-corrected chi connectivity index (χ0v) is 17.1. The van der Waals surface area contributed by atoms with Crippen LogP contribution in [0.15, 0.2) is 24.3 Å². The van der Waals surface area contributed by atoms with Crippen molar-refractivity contribution in [1.82, 2.24) is 5.32 Å². The van der Waals surface area contributed by atoms with Crippen LogP contribution in [0.2, 0.25) is 0 Å². The van der Waals surface area contributed by atoms with Gasteiger partial charge in [-0.15, -0.1) is 0 Å². The molecule has 1 saturated heterocycles. The SMILES string of the molecule is COc1cccc(N2CC(CNC(=O)C34CC5CC(CC(C5)C3)C4)OCC2=O)c1. The van der Waals surface area contributed by atoms with Gasteiger partial charge in [-0.05, 0) is 68.4 Å². The summed E-state index contributed by atoms with van der Waals surface area (Å²) < 4.78 is 11.0. The molecule has 1 heterocycles. The van der Waals surface area contributed by atoms with Crippen LogP contribution in [0.5, 0.6) is 5.75 Å². The van der Waals surface area contributed by atoms with E-state index in [-0.39, 0.29) is 29.9 Å². The number of carbonyl (C=O) groups excluding carboxylic acids is 2. The van der Waals surface area contributed by atoms with Crippen molar-refractivity contribution in [3.8, 4) is 5.75 Å². The summed E-state index contributed by atoms with van der Waals surface area (Å²) in [6.45, 7) is 0.927. The lowest BCUT2D eigenvalue weighted by molar-refractivity contribution is -0.147. The minimum atomic E-state index is -0.197. The second kappa shape index (κ2) is 7.31. The smallest absolute Gasteiger partial charge is 0.253 e. The molecule has 1 aromatic carbocycles. The van der Waals surface area contributed by atoms with Crippen LogP contribution in [-0.4, -0.2) is 44.7 Å². The number of hydrogen-bond acceptors (Lipinski definition) is 4. The van der Waals surface area contributed by atoms with Crippen LogP contribution in [0.4, 0.5) is 5.69 Å². The predicted molar refractivity (Wildman–Crippen MR) is 109 cm³/mol. The van der Waals surface area contributed by atoms with E-state index >= 15 is 0 Å². The second-order valence-corrected chi connectivity index (χ2v) is 9.55. The minimum Gasteiger partial charge on any atom is -0.497 e. The van der Waals surface area contributed by atoms with Gasteiger partial charge in [0.15, 0.2) is 0 Å². The highest BCUT2D eigenvalue weighted by Crippen LogP contribution is 2.60. The maximum absolute atomic E-state index is 13.2. The average molecular weight is 399 g/mol. The molecule has 1 aliphatic heterocycles. The van der Waals surface area contributed by atoms with Gasteiger partial charge in [-0.25, -0.2) is 0 Å². The number of amides is 2. The molecule has 2 amide bonds. The van der Waals surface area contributed by atoms with Gasteiger partial charge in [0.25, 0.3) is 5.91 Å². The number of anilines is 1. The quantitative estimate of drug-likeness (QED) is 0.828. The van der Waals surface area contributed by atoms with Crippen LogP contribution < -0.4 is 15.0 Å². The Balaban J connectivity index is 1.22. The largest absolute Gasteiger partial charge is 0.497 e. The van der Waals surface area contributed by atoms with Crippen LogP contribution in [0, 0.1) is 23.2 Å². The maximum Gasteiger partial charge on any atom is 0.253 e. The van der Waals surface area contributed by atoms with Crippen LogP contribution in [0.3, 0.4) is 0 Å². The molecule has 6 heteroatoms. The first-order chi connectivity index (χ1) is 14.0. The van der Waals surface area contributed by atoms with Gasteiger partial charge in [0.05, 0.1) is 19.8 Å². The van der Waals surface area contributed by atoms with Gasteiger partial charge in [0, 0.05) is 23.7 Å². The van der Waals surface area contributed by atoms with Crippen molar-refractivity contribution in [2.24, 2.45) is 23.2 Å². The molecule has 6 nitrogen and oxygen atoms in total. The second-order valence-electron chi connectivity index (χ2n) is 9.55. The number of morpholine rings is 1. The Morgan fingerprint density at radius 1 is 1.21 bits per heavy atom. The zero-order valence-electron chi connectivity index (χ0n) is 17.1. The molecule has 4 aliphatic carbocycles. The molecule has 1 unspecified atom stereocenters. The Bertz CT molecular complexity index is 773. The summed E-state index contributed by atoms with van der Waals surface area (Å²) in [5.74, 6) is 3.11. The number of nitrogens with one attached hydrogen (secondary N) is 1. The molecule has 29 heavy (non-hydrogen) atoms. The number of benzene rings is 1. The zero-order chi connectivity index (χ0) is 20.0. The van der Waals surface area contributed by atoms with Crippen molar-refractivity contribution in [3.63, 3.8) is 0 Å². The Hall–Kier alpha value is -2.08. The minimum absolute atomic E-state index is 0.0368. The van der Waals surface area contributed by atoms with Crippen molar-refractivity contribution in [1.29, 1.82) is 0 Å².